The van der Waals surface area contributed by atoms with E-state index in [4.69, 9.17) is 4.74 Å². The summed E-state index contributed by atoms with van der Waals surface area (Å²) in [5, 5.41) is 3.55. The maximum absolute atomic E-state index is 5.66. The molecule has 0 aliphatic carbocycles. The van der Waals surface area contributed by atoms with Gasteiger partial charge in [-0.25, -0.2) is 0 Å². The van der Waals surface area contributed by atoms with Crippen LogP contribution in [0.5, 0.6) is 5.75 Å². The van der Waals surface area contributed by atoms with E-state index in [1.54, 1.807) is 0 Å². The smallest absolute Gasteiger partial charge is 0.121 e. The fourth-order valence-corrected chi connectivity index (χ4v) is 2.44. The van der Waals surface area contributed by atoms with Gasteiger partial charge < -0.3 is 15.0 Å². The van der Waals surface area contributed by atoms with Gasteiger partial charge >= 0.3 is 0 Å². The Bertz CT molecular complexity index is 373. The third kappa shape index (κ3) is 4.75. The Hall–Kier alpha value is -1.22. The van der Waals surface area contributed by atoms with Gasteiger partial charge in [-0.15, -0.1) is 0 Å². The molecule has 0 spiro atoms. The Morgan fingerprint density at radius 1 is 1.32 bits per heavy atom. The van der Waals surface area contributed by atoms with Crippen molar-refractivity contribution in [2.45, 2.75) is 26.2 Å². The normalized spacial score (nSPS) is 17.4. The van der Waals surface area contributed by atoms with Crippen LogP contribution in [0.1, 0.15) is 26.2 Å². The van der Waals surface area contributed by atoms with E-state index in [-0.39, 0.29) is 0 Å². The van der Waals surface area contributed by atoms with E-state index in [0.717, 1.165) is 31.2 Å². The molecule has 1 saturated heterocycles. The van der Waals surface area contributed by atoms with Crippen LogP contribution >= 0.6 is 0 Å². The molecule has 1 fully saturated rings. The molecular weight excluding hydrogens is 236 g/mol. The molecule has 3 nitrogen and oxygen atoms in total. The maximum Gasteiger partial charge on any atom is 0.121 e. The van der Waals surface area contributed by atoms with Crippen LogP contribution < -0.4 is 10.1 Å². The van der Waals surface area contributed by atoms with Crippen molar-refractivity contribution in [1.82, 2.24) is 4.90 Å². The number of hydrogen-bond donors (Lipinski definition) is 1. The Morgan fingerprint density at radius 3 is 2.84 bits per heavy atom. The quantitative estimate of drug-likeness (QED) is 0.852. The number of ether oxygens (including phenoxy) is 1. The van der Waals surface area contributed by atoms with E-state index in [0.29, 0.717) is 0 Å². The molecule has 106 valence electrons. The van der Waals surface area contributed by atoms with Gasteiger partial charge in [0.2, 0.25) is 0 Å². The van der Waals surface area contributed by atoms with E-state index in [1.165, 1.54) is 31.6 Å². The van der Waals surface area contributed by atoms with Crippen molar-refractivity contribution in [2.24, 2.45) is 5.92 Å². The van der Waals surface area contributed by atoms with E-state index >= 15 is 0 Å². The largest absolute Gasteiger partial charge is 0.494 e. The van der Waals surface area contributed by atoms with E-state index in [2.05, 4.69) is 42.4 Å². The molecule has 2 rings (SSSR count). The fourth-order valence-electron chi connectivity index (χ4n) is 2.44. The molecule has 0 aromatic heterocycles. The molecule has 1 aromatic carbocycles. The van der Waals surface area contributed by atoms with Crippen LogP contribution in [0.4, 0.5) is 5.69 Å². The van der Waals surface area contributed by atoms with Crippen molar-refractivity contribution in [3.05, 3.63) is 24.3 Å². The first-order valence-corrected chi connectivity index (χ1v) is 7.43. The zero-order valence-electron chi connectivity index (χ0n) is 12.2. The Balaban J connectivity index is 1.78. The Labute approximate surface area is 116 Å². The molecule has 0 radical (unpaired) electrons. The lowest BCUT2D eigenvalue weighted by atomic mass is 9.97. The highest BCUT2D eigenvalue weighted by Gasteiger charge is 2.16. The molecule has 3 heteroatoms. The first-order chi connectivity index (χ1) is 9.28. The van der Waals surface area contributed by atoms with Gasteiger partial charge in [-0.2, -0.15) is 0 Å². The summed E-state index contributed by atoms with van der Waals surface area (Å²) in [6.45, 7) is 6.45. The number of rotatable bonds is 6. The average molecular weight is 262 g/mol. The highest BCUT2D eigenvalue weighted by Crippen LogP contribution is 2.20. The summed E-state index contributed by atoms with van der Waals surface area (Å²) in [6.07, 6.45) is 3.65. The van der Waals surface area contributed by atoms with Crippen LogP contribution in [-0.2, 0) is 0 Å². The molecular formula is C16H26N2O. The Kier molecular flexibility index (Phi) is 5.52. The van der Waals surface area contributed by atoms with Crippen molar-refractivity contribution in [3.63, 3.8) is 0 Å². The van der Waals surface area contributed by atoms with Gasteiger partial charge in [-0.1, -0.05) is 13.0 Å². The molecule has 1 aliphatic heterocycles. The minimum absolute atomic E-state index is 0.790. The summed E-state index contributed by atoms with van der Waals surface area (Å²) >= 11 is 0. The second-order valence-electron chi connectivity index (χ2n) is 5.50. The summed E-state index contributed by atoms with van der Waals surface area (Å²) in [6, 6.07) is 8.30. The van der Waals surface area contributed by atoms with Crippen molar-refractivity contribution >= 4 is 5.69 Å². The minimum Gasteiger partial charge on any atom is -0.494 e. The lowest BCUT2D eigenvalue weighted by Crippen LogP contribution is -2.32. The van der Waals surface area contributed by atoms with Crippen LogP contribution in [0.15, 0.2) is 24.3 Å². The number of likely N-dealkylation sites (tertiary alicyclic amines) is 1. The van der Waals surface area contributed by atoms with Gasteiger partial charge in [-0.3, -0.25) is 0 Å². The molecule has 19 heavy (non-hydrogen) atoms. The lowest BCUT2D eigenvalue weighted by molar-refractivity contribution is 0.226. The van der Waals surface area contributed by atoms with Crippen LogP contribution in [-0.4, -0.2) is 38.2 Å². The molecule has 1 aromatic rings. The molecule has 0 saturated carbocycles. The van der Waals surface area contributed by atoms with Crippen LogP contribution in [0.2, 0.25) is 0 Å². The second kappa shape index (κ2) is 7.39. The number of piperidine rings is 1. The third-order valence-corrected chi connectivity index (χ3v) is 3.74. The summed E-state index contributed by atoms with van der Waals surface area (Å²) in [7, 11) is 2.21. The highest BCUT2D eigenvalue weighted by atomic mass is 16.5. The summed E-state index contributed by atoms with van der Waals surface area (Å²) in [5.74, 6) is 1.77. The summed E-state index contributed by atoms with van der Waals surface area (Å²) in [4.78, 5) is 2.41. The van der Waals surface area contributed by atoms with Crippen molar-refractivity contribution in [3.8, 4) is 5.75 Å². The first kappa shape index (κ1) is 14.2. The minimum atomic E-state index is 0.790. The molecule has 1 heterocycles. The first-order valence-electron chi connectivity index (χ1n) is 7.43. The fraction of sp³-hybridized carbons (Fsp3) is 0.625. The predicted molar refractivity (Wildman–Crippen MR) is 80.9 cm³/mol. The van der Waals surface area contributed by atoms with Crippen molar-refractivity contribution in [2.75, 3.05) is 38.6 Å². The maximum atomic E-state index is 5.66. The molecule has 0 atom stereocenters. The SMILES string of the molecule is CCCOc1cccc(NCC2CCN(C)CC2)c1. The number of benzene rings is 1. The average Bonchev–Trinajstić information content (AvgIpc) is 2.45. The topological polar surface area (TPSA) is 24.5 Å². The third-order valence-electron chi connectivity index (χ3n) is 3.74. The second-order valence-corrected chi connectivity index (χ2v) is 5.50. The van der Waals surface area contributed by atoms with E-state index in [9.17, 15) is 0 Å². The van der Waals surface area contributed by atoms with Gasteiger partial charge in [0.15, 0.2) is 0 Å². The summed E-state index contributed by atoms with van der Waals surface area (Å²) < 4.78 is 5.66. The zero-order chi connectivity index (χ0) is 13.5. The molecule has 1 aliphatic rings. The van der Waals surface area contributed by atoms with Crippen LogP contribution in [0, 0.1) is 5.92 Å². The van der Waals surface area contributed by atoms with Gasteiger partial charge in [0.25, 0.3) is 0 Å². The van der Waals surface area contributed by atoms with Crippen LogP contribution in [0.3, 0.4) is 0 Å². The van der Waals surface area contributed by atoms with Gasteiger partial charge in [0.1, 0.15) is 5.75 Å². The molecule has 0 unspecified atom stereocenters. The van der Waals surface area contributed by atoms with Crippen LogP contribution in [0.25, 0.3) is 0 Å². The van der Waals surface area contributed by atoms with Gasteiger partial charge in [-0.05, 0) is 57.5 Å². The monoisotopic (exact) mass is 262 g/mol. The van der Waals surface area contributed by atoms with E-state index in [1.807, 2.05) is 6.07 Å². The van der Waals surface area contributed by atoms with Crippen molar-refractivity contribution in [1.29, 1.82) is 0 Å². The number of nitrogens with one attached hydrogen (secondary N) is 1. The summed E-state index contributed by atoms with van der Waals surface area (Å²) in [5.41, 5.74) is 1.17. The molecule has 0 bridgehead atoms. The number of anilines is 1. The Morgan fingerprint density at radius 2 is 2.11 bits per heavy atom. The van der Waals surface area contributed by atoms with Gasteiger partial charge in [0, 0.05) is 18.3 Å². The predicted octanol–water partition coefficient (Wildman–Crippen LogP) is 3.23. The lowest BCUT2D eigenvalue weighted by Gasteiger charge is -2.29. The zero-order valence-corrected chi connectivity index (χ0v) is 12.2. The highest BCUT2D eigenvalue weighted by molar-refractivity contribution is 5.48. The van der Waals surface area contributed by atoms with Crippen molar-refractivity contribution < 1.29 is 4.74 Å². The van der Waals surface area contributed by atoms with E-state index < -0.39 is 0 Å². The van der Waals surface area contributed by atoms with Gasteiger partial charge in [0.05, 0.1) is 6.61 Å². The molecule has 0 amide bonds. The number of nitrogens with zero attached hydrogens (tertiary/aromatic N) is 1. The standard InChI is InChI=1S/C16H26N2O/c1-3-11-19-16-6-4-5-15(12-16)17-13-14-7-9-18(2)10-8-14/h4-6,12,14,17H,3,7-11,13H2,1-2H3. The molecule has 1 N–H and O–H groups in total. The number of hydrogen-bond acceptors (Lipinski definition) is 3.